The fraction of sp³-hybridized carbons (Fsp3) is 0.167. The van der Waals surface area contributed by atoms with Crippen LogP contribution >= 0.6 is 0 Å². The van der Waals surface area contributed by atoms with Crippen LogP contribution in [-0.4, -0.2) is 32.0 Å². The van der Waals surface area contributed by atoms with Gasteiger partial charge in [-0.1, -0.05) is 6.07 Å². The topological polar surface area (TPSA) is 101 Å². The lowest BCUT2D eigenvalue weighted by molar-refractivity contribution is -0.131. The Kier molecular flexibility index (Phi) is 3.59. The van der Waals surface area contributed by atoms with Crippen molar-refractivity contribution in [3.8, 4) is 5.69 Å². The Hall–Kier alpha value is -2.25. The van der Waals surface area contributed by atoms with Gasteiger partial charge in [0.15, 0.2) is 6.10 Å². The molecule has 0 fully saturated rings. The Bertz CT molecular complexity index is 599. The Morgan fingerprint density at radius 2 is 2.16 bits per heavy atom. The first-order valence-corrected chi connectivity index (χ1v) is 5.45. The van der Waals surface area contributed by atoms with E-state index in [-0.39, 0.29) is 5.56 Å². The first-order chi connectivity index (χ1) is 8.99. The summed E-state index contributed by atoms with van der Waals surface area (Å²) in [6.07, 6.45) is -0.544. The summed E-state index contributed by atoms with van der Waals surface area (Å²) in [6.45, 7) is 0. The maximum absolute atomic E-state index is 13.1. The number of rotatable bonds is 4. The summed E-state index contributed by atoms with van der Waals surface area (Å²) >= 11 is 0. The van der Waals surface area contributed by atoms with Crippen molar-refractivity contribution in [3.05, 3.63) is 48.0 Å². The standard InChI is InChI=1S/C12H12FN3O3/c13-8-2-1-3-9(4-8)16-6-7(5-15-16)10(17)11(18)12(14)19/h1-6,10-11,17-18H,(H2,14,19). The lowest BCUT2D eigenvalue weighted by atomic mass is 10.1. The molecule has 0 radical (unpaired) electrons. The number of nitrogens with zero attached hydrogens (tertiary/aromatic N) is 2. The van der Waals surface area contributed by atoms with Gasteiger partial charge in [0.2, 0.25) is 5.91 Å². The molecule has 2 aromatic rings. The number of carbonyl (C=O) groups is 1. The van der Waals surface area contributed by atoms with Gasteiger partial charge in [-0.05, 0) is 18.2 Å². The first-order valence-electron chi connectivity index (χ1n) is 5.45. The number of halogens is 1. The highest BCUT2D eigenvalue weighted by Gasteiger charge is 2.24. The second-order valence-corrected chi connectivity index (χ2v) is 3.99. The molecular formula is C12H12FN3O3. The minimum atomic E-state index is -1.72. The molecule has 1 aromatic carbocycles. The molecule has 0 aliphatic rings. The molecule has 1 heterocycles. The number of aromatic nitrogens is 2. The average molecular weight is 265 g/mol. The molecule has 2 unspecified atom stereocenters. The Labute approximate surface area is 107 Å². The van der Waals surface area contributed by atoms with E-state index in [2.05, 4.69) is 5.10 Å². The summed E-state index contributed by atoms with van der Waals surface area (Å²) in [5.74, 6) is -1.46. The van der Waals surface area contributed by atoms with Gasteiger partial charge in [-0.25, -0.2) is 9.07 Å². The van der Waals surface area contributed by atoms with E-state index in [0.717, 1.165) is 0 Å². The predicted octanol–water partition coefficient (Wildman–Crippen LogP) is -0.109. The minimum Gasteiger partial charge on any atom is -0.385 e. The summed E-state index contributed by atoms with van der Waals surface area (Å²) in [7, 11) is 0. The second-order valence-electron chi connectivity index (χ2n) is 3.99. The van der Waals surface area contributed by atoms with Crippen LogP contribution in [0.3, 0.4) is 0 Å². The van der Waals surface area contributed by atoms with Gasteiger partial charge >= 0.3 is 0 Å². The van der Waals surface area contributed by atoms with E-state index in [4.69, 9.17) is 5.73 Å². The van der Waals surface area contributed by atoms with Crippen LogP contribution in [0.5, 0.6) is 0 Å². The predicted molar refractivity (Wildman–Crippen MR) is 63.7 cm³/mol. The van der Waals surface area contributed by atoms with Crippen molar-refractivity contribution < 1.29 is 19.4 Å². The second kappa shape index (κ2) is 5.17. The lowest BCUT2D eigenvalue weighted by Gasteiger charge is -2.12. The maximum Gasteiger partial charge on any atom is 0.249 e. The summed E-state index contributed by atoms with van der Waals surface area (Å²) in [5.41, 5.74) is 5.54. The van der Waals surface area contributed by atoms with E-state index < -0.39 is 23.9 Å². The van der Waals surface area contributed by atoms with Gasteiger partial charge in [0.25, 0.3) is 0 Å². The van der Waals surface area contributed by atoms with Crippen LogP contribution < -0.4 is 5.73 Å². The molecule has 0 spiro atoms. The third kappa shape index (κ3) is 2.78. The largest absolute Gasteiger partial charge is 0.385 e. The molecule has 0 bridgehead atoms. The van der Waals surface area contributed by atoms with Crippen molar-refractivity contribution >= 4 is 5.91 Å². The van der Waals surface area contributed by atoms with Gasteiger partial charge in [0, 0.05) is 11.8 Å². The molecule has 0 saturated heterocycles. The molecule has 1 amide bonds. The first kappa shape index (κ1) is 13.2. The van der Waals surface area contributed by atoms with Crippen LogP contribution in [-0.2, 0) is 4.79 Å². The fourth-order valence-corrected chi connectivity index (χ4v) is 1.59. The number of hydrogen-bond acceptors (Lipinski definition) is 4. The highest BCUT2D eigenvalue weighted by atomic mass is 19.1. The molecule has 100 valence electrons. The summed E-state index contributed by atoms with van der Waals surface area (Å²) in [4.78, 5) is 10.8. The summed E-state index contributed by atoms with van der Waals surface area (Å²) in [6, 6.07) is 5.69. The molecule has 6 nitrogen and oxygen atoms in total. The highest BCUT2D eigenvalue weighted by Crippen LogP contribution is 2.18. The molecule has 2 rings (SSSR count). The minimum absolute atomic E-state index is 0.204. The number of benzene rings is 1. The van der Waals surface area contributed by atoms with Gasteiger partial charge < -0.3 is 15.9 Å². The monoisotopic (exact) mass is 265 g/mol. The van der Waals surface area contributed by atoms with E-state index in [1.54, 1.807) is 6.07 Å². The van der Waals surface area contributed by atoms with Crippen molar-refractivity contribution in [2.45, 2.75) is 12.2 Å². The van der Waals surface area contributed by atoms with Gasteiger partial charge in [-0.2, -0.15) is 5.10 Å². The zero-order valence-electron chi connectivity index (χ0n) is 9.77. The van der Waals surface area contributed by atoms with Crippen LogP contribution in [0.25, 0.3) is 5.69 Å². The normalized spacial score (nSPS) is 14.1. The number of hydrogen-bond donors (Lipinski definition) is 3. The van der Waals surface area contributed by atoms with Gasteiger partial charge in [0.05, 0.1) is 11.9 Å². The van der Waals surface area contributed by atoms with Crippen LogP contribution in [0.1, 0.15) is 11.7 Å². The number of carbonyl (C=O) groups excluding carboxylic acids is 1. The SMILES string of the molecule is NC(=O)C(O)C(O)c1cnn(-c2cccc(F)c2)c1. The van der Waals surface area contributed by atoms with Gasteiger partial charge in [0.1, 0.15) is 11.9 Å². The number of amides is 1. The third-order valence-corrected chi connectivity index (χ3v) is 2.61. The van der Waals surface area contributed by atoms with Crippen molar-refractivity contribution in [2.75, 3.05) is 0 Å². The van der Waals surface area contributed by atoms with E-state index in [0.29, 0.717) is 5.69 Å². The molecule has 0 aliphatic carbocycles. The third-order valence-electron chi connectivity index (χ3n) is 2.61. The number of nitrogens with two attached hydrogens (primary N) is 1. The number of aliphatic hydroxyl groups is 2. The molecule has 19 heavy (non-hydrogen) atoms. The van der Waals surface area contributed by atoms with Gasteiger partial charge in [-0.15, -0.1) is 0 Å². The molecule has 0 saturated carbocycles. The van der Waals surface area contributed by atoms with E-state index in [1.165, 1.54) is 35.3 Å². The lowest BCUT2D eigenvalue weighted by Crippen LogP contribution is -2.33. The highest BCUT2D eigenvalue weighted by molar-refractivity contribution is 5.79. The number of aliphatic hydroxyl groups excluding tert-OH is 2. The van der Waals surface area contributed by atoms with Crippen LogP contribution in [0, 0.1) is 5.82 Å². The van der Waals surface area contributed by atoms with E-state index in [1.807, 2.05) is 0 Å². The van der Waals surface area contributed by atoms with Crippen LogP contribution in [0.4, 0.5) is 4.39 Å². The molecule has 1 aromatic heterocycles. The maximum atomic E-state index is 13.1. The Morgan fingerprint density at radius 3 is 2.79 bits per heavy atom. The fourth-order valence-electron chi connectivity index (χ4n) is 1.59. The Morgan fingerprint density at radius 1 is 1.42 bits per heavy atom. The van der Waals surface area contributed by atoms with Crippen molar-refractivity contribution in [1.82, 2.24) is 9.78 Å². The number of primary amides is 1. The van der Waals surface area contributed by atoms with Crippen LogP contribution in [0.15, 0.2) is 36.7 Å². The van der Waals surface area contributed by atoms with Crippen LogP contribution in [0.2, 0.25) is 0 Å². The molecular weight excluding hydrogens is 253 g/mol. The van der Waals surface area contributed by atoms with Crippen molar-refractivity contribution in [1.29, 1.82) is 0 Å². The van der Waals surface area contributed by atoms with E-state index >= 15 is 0 Å². The molecule has 2 atom stereocenters. The smallest absolute Gasteiger partial charge is 0.249 e. The van der Waals surface area contributed by atoms with Crippen molar-refractivity contribution in [3.63, 3.8) is 0 Å². The zero-order valence-corrected chi connectivity index (χ0v) is 9.77. The van der Waals surface area contributed by atoms with Gasteiger partial charge in [-0.3, -0.25) is 4.79 Å². The van der Waals surface area contributed by atoms with E-state index in [9.17, 15) is 19.4 Å². The molecule has 0 aliphatic heterocycles. The molecule has 7 heteroatoms. The summed E-state index contributed by atoms with van der Waals surface area (Å²) in [5, 5.41) is 23.0. The average Bonchev–Trinajstić information content (AvgIpc) is 2.86. The summed E-state index contributed by atoms with van der Waals surface area (Å²) < 4.78 is 14.4. The quantitative estimate of drug-likeness (QED) is 0.718. The van der Waals surface area contributed by atoms with Crippen molar-refractivity contribution in [2.24, 2.45) is 5.73 Å². The Balaban J connectivity index is 2.26. The molecule has 4 N–H and O–H groups in total. The zero-order chi connectivity index (χ0) is 14.0.